The van der Waals surface area contributed by atoms with Crippen LogP contribution in [0.5, 0.6) is 5.75 Å². The molecule has 0 saturated heterocycles. The molecule has 25 heavy (non-hydrogen) atoms. The molecule has 0 aliphatic carbocycles. The maximum Gasteiger partial charge on any atom is 0.292 e. The summed E-state index contributed by atoms with van der Waals surface area (Å²) in [6, 6.07) is 14.0. The second kappa shape index (κ2) is 6.96. The molecule has 3 aromatic rings. The molecule has 2 N–H and O–H groups in total. The van der Waals surface area contributed by atoms with Crippen LogP contribution in [0, 0.1) is 0 Å². The molecule has 0 bridgehead atoms. The summed E-state index contributed by atoms with van der Waals surface area (Å²) in [5.74, 6) is 0.587. The number of ether oxygens (including phenoxy) is 1. The SMILES string of the molecule is COc1ccccc1-c1[nH][nH]c(=O)c1N=Nc1ccc(C(C)=O)cc1. The van der Waals surface area contributed by atoms with Crippen LogP contribution >= 0.6 is 0 Å². The standard InChI is InChI=1S/C18H16N4O3/c1-11(23)12-7-9-13(10-8-12)19-21-17-16(20-22-18(17)24)14-5-3-4-6-15(14)25-2/h3-10H,1-2H3,(H2,20,22,24). The van der Waals surface area contributed by atoms with E-state index in [0.717, 1.165) is 0 Å². The van der Waals surface area contributed by atoms with Gasteiger partial charge < -0.3 is 4.74 Å². The lowest BCUT2D eigenvalue weighted by molar-refractivity contribution is 0.101. The van der Waals surface area contributed by atoms with Crippen LogP contribution in [0.25, 0.3) is 11.3 Å². The second-order valence-electron chi connectivity index (χ2n) is 5.31. The first kappa shape index (κ1) is 16.4. The Bertz CT molecular complexity index is 984. The summed E-state index contributed by atoms with van der Waals surface area (Å²) in [7, 11) is 1.56. The lowest BCUT2D eigenvalue weighted by Gasteiger charge is -2.06. The third kappa shape index (κ3) is 3.40. The summed E-state index contributed by atoms with van der Waals surface area (Å²) in [5.41, 5.74) is 2.09. The smallest absolute Gasteiger partial charge is 0.292 e. The quantitative estimate of drug-likeness (QED) is 0.544. The highest BCUT2D eigenvalue weighted by Gasteiger charge is 2.15. The summed E-state index contributed by atoms with van der Waals surface area (Å²) in [4.78, 5) is 23.3. The molecule has 0 aliphatic rings. The number of para-hydroxylation sites is 1. The Kier molecular flexibility index (Phi) is 4.56. The van der Waals surface area contributed by atoms with E-state index in [-0.39, 0.29) is 17.0 Å². The predicted molar refractivity (Wildman–Crippen MR) is 94.0 cm³/mol. The molecule has 0 fully saturated rings. The van der Waals surface area contributed by atoms with E-state index < -0.39 is 0 Å². The van der Waals surface area contributed by atoms with Gasteiger partial charge in [0.05, 0.1) is 18.5 Å². The minimum absolute atomic E-state index is 0.0240. The molecule has 7 nitrogen and oxygen atoms in total. The van der Waals surface area contributed by atoms with Crippen molar-refractivity contribution in [2.24, 2.45) is 10.2 Å². The molecule has 1 aromatic heterocycles. The summed E-state index contributed by atoms with van der Waals surface area (Å²) >= 11 is 0. The van der Waals surface area contributed by atoms with Gasteiger partial charge in [-0.25, -0.2) is 0 Å². The Morgan fingerprint density at radius 2 is 1.72 bits per heavy atom. The van der Waals surface area contributed by atoms with E-state index in [1.165, 1.54) is 6.92 Å². The number of methoxy groups -OCH3 is 1. The van der Waals surface area contributed by atoms with Crippen LogP contribution in [0.1, 0.15) is 17.3 Å². The number of nitrogens with zero attached hydrogens (tertiary/aromatic N) is 2. The number of nitrogens with one attached hydrogen (secondary N) is 2. The zero-order valence-corrected chi connectivity index (χ0v) is 13.7. The molecule has 1 heterocycles. The number of rotatable bonds is 5. The number of Topliss-reactive ketones (excluding diaryl/α,β-unsaturated/α-hetero) is 1. The van der Waals surface area contributed by atoms with Crippen molar-refractivity contribution in [3.8, 4) is 17.0 Å². The first-order valence-electron chi connectivity index (χ1n) is 7.57. The second-order valence-corrected chi connectivity index (χ2v) is 5.31. The molecular formula is C18H16N4O3. The number of H-pyrrole nitrogens is 2. The zero-order valence-electron chi connectivity index (χ0n) is 13.7. The number of carbonyl (C=O) groups is 1. The number of carbonyl (C=O) groups excluding carboxylic acids is 1. The minimum Gasteiger partial charge on any atom is -0.496 e. The molecule has 2 aromatic carbocycles. The van der Waals surface area contributed by atoms with Gasteiger partial charge in [-0.2, -0.15) is 5.11 Å². The summed E-state index contributed by atoms with van der Waals surface area (Å²) in [6.45, 7) is 1.50. The Hall–Kier alpha value is -3.48. The number of aromatic amines is 2. The van der Waals surface area contributed by atoms with Crippen LogP contribution in [0.15, 0.2) is 63.6 Å². The molecule has 0 aliphatic heterocycles. The maximum atomic E-state index is 12.1. The summed E-state index contributed by atoms with van der Waals surface area (Å²) in [5, 5.41) is 13.5. The molecule has 126 valence electrons. The van der Waals surface area contributed by atoms with Crippen LogP contribution in [-0.2, 0) is 0 Å². The predicted octanol–water partition coefficient (Wildman–Crippen LogP) is 4.00. The molecule has 0 radical (unpaired) electrons. The molecule has 7 heteroatoms. The molecule has 0 amide bonds. The lowest BCUT2D eigenvalue weighted by Crippen LogP contribution is -1.96. The molecule has 3 rings (SSSR count). The van der Waals surface area contributed by atoms with Crippen molar-refractivity contribution in [1.82, 2.24) is 10.2 Å². The highest BCUT2D eigenvalue weighted by atomic mass is 16.5. The Morgan fingerprint density at radius 3 is 2.40 bits per heavy atom. The highest BCUT2D eigenvalue weighted by molar-refractivity contribution is 5.94. The summed E-state index contributed by atoms with van der Waals surface area (Å²) < 4.78 is 5.32. The van der Waals surface area contributed by atoms with E-state index in [2.05, 4.69) is 20.4 Å². The van der Waals surface area contributed by atoms with Gasteiger partial charge in [0, 0.05) is 11.1 Å². The third-order valence-corrected chi connectivity index (χ3v) is 3.67. The first-order valence-corrected chi connectivity index (χ1v) is 7.57. The number of hydrogen-bond donors (Lipinski definition) is 2. The van der Waals surface area contributed by atoms with E-state index in [4.69, 9.17) is 4.74 Å². The number of hydrogen-bond acceptors (Lipinski definition) is 5. The van der Waals surface area contributed by atoms with Gasteiger partial charge in [-0.3, -0.25) is 19.8 Å². The van der Waals surface area contributed by atoms with Crippen LogP contribution in [-0.4, -0.2) is 23.1 Å². The number of ketones is 1. The first-order chi connectivity index (χ1) is 12.1. The zero-order chi connectivity index (χ0) is 17.8. The number of aromatic nitrogens is 2. The fourth-order valence-electron chi connectivity index (χ4n) is 2.36. The van der Waals surface area contributed by atoms with Gasteiger partial charge in [0.25, 0.3) is 5.56 Å². The van der Waals surface area contributed by atoms with Gasteiger partial charge in [-0.05, 0) is 43.3 Å². The normalized spacial score (nSPS) is 11.0. The van der Waals surface area contributed by atoms with Crippen molar-refractivity contribution < 1.29 is 9.53 Å². The largest absolute Gasteiger partial charge is 0.496 e. The third-order valence-electron chi connectivity index (χ3n) is 3.67. The Balaban J connectivity index is 1.97. The van der Waals surface area contributed by atoms with Gasteiger partial charge in [-0.1, -0.05) is 12.1 Å². The minimum atomic E-state index is -0.384. The van der Waals surface area contributed by atoms with E-state index in [1.54, 1.807) is 37.4 Å². The van der Waals surface area contributed by atoms with Gasteiger partial charge in [0.1, 0.15) is 5.75 Å². The number of azo groups is 1. The number of benzene rings is 2. The van der Waals surface area contributed by atoms with Crippen molar-refractivity contribution >= 4 is 17.2 Å². The molecule has 0 unspecified atom stereocenters. The fraction of sp³-hybridized carbons (Fsp3) is 0.111. The van der Waals surface area contributed by atoms with Gasteiger partial charge in [0.15, 0.2) is 11.5 Å². The van der Waals surface area contributed by atoms with Crippen molar-refractivity contribution in [2.45, 2.75) is 6.92 Å². The lowest BCUT2D eigenvalue weighted by atomic mass is 10.1. The van der Waals surface area contributed by atoms with Gasteiger partial charge >= 0.3 is 0 Å². The molecule has 0 atom stereocenters. The highest BCUT2D eigenvalue weighted by Crippen LogP contribution is 2.33. The van der Waals surface area contributed by atoms with Crippen LogP contribution in [0.4, 0.5) is 11.4 Å². The van der Waals surface area contributed by atoms with Gasteiger partial charge in [0.2, 0.25) is 0 Å². The molecular weight excluding hydrogens is 320 g/mol. The monoisotopic (exact) mass is 336 g/mol. The summed E-state index contributed by atoms with van der Waals surface area (Å²) in [6.07, 6.45) is 0. The maximum absolute atomic E-state index is 12.1. The van der Waals surface area contributed by atoms with Crippen molar-refractivity contribution in [1.29, 1.82) is 0 Å². The molecule has 0 spiro atoms. The topological polar surface area (TPSA) is 99.7 Å². The van der Waals surface area contributed by atoms with E-state index >= 15 is 0 Å². The van der Waals surface area contributed by atoms with E-state index in [9.17, 15) is 9.59 Å². The van der Waals surface area contributed by atoms with Crippen molar-refractivity contribution in [3.05, 3.63) is 64.4 Å². The van der Waals surface area contributed by atoms with Crippen LogP contribution < -0.4 is 10.3 Å². The van der Waals surface area contributed by atoms with E-state index in [0.29, 0.717) is 28.3 Å². The fourth-order valence-corrected chi connectivity index (χ4v) is 2.36. The van der Waals surface area contributed by atoms with Crippen molar-refractivity contribution in [3.63, 3.8) is 0 Å². The average molecular weight is 336 g/mol. The average Bonchev–Trinajstić information content (AvgIpc) is 3.00. The van der Waals surface area contributed by atoms with Crippen molar-refractivity contribution in [2.75, 3.05) is 7.11 Å². The van der Waals surface area contributed by atoms with E-state index in [1.807, 2.05) is 18.2 Å². The molecule has 0 saturated carbocycles. The Labute approximate surface area is 143 Å². The Morgan fingerprint density at radius 1 is 1.00 bits per heavy atom. The van der Waals surface area contributed by atoms with Crippen LogP contribution in [0.2, 0.25) is 0 Å². The van der Waals surface area contributed by atoms with Crippen LogP contribution in [0.3, 0.4) is 0 Å². The van der Waals surface area contributed by atoms with Gasteiger partial charge in [-0.15, -0.1) is 5.11 Å².